The second kappa shape index (κ2) is 10.7. The van der Waals surface area contributed by atoms with Gasteiger partial charge in [0, 0.05) is 11.6 Å². The maximum absolute atomic E-state index is 13.5. The molecule has 0 saturated carbocycles. The first kappa shape index (κ1) is 25.3. The molecule has 0 bridgehead atoms. The fourth-order valence-electron chi connectivity index (χ4n) is 3.34. The Morgan fingerprint density at radius 1 is 0.941 bits per heavy atom. The summed E-state index contributed by atoms with van der Waals surface area (Å²) in [4.78, 5) is 23.7. The van der Waals surface area contributed by atoms with Gasteiger partial charge < -0.3 is 10.4 Å². The molecular weight excluding hydrogens is 476 g/mol. The Bertz CT molecular complexity index is 1290. The minimum atomic E-state index is -4.05. The Balaban J connectivity index is 1.82. The molecule has 0 unspecified atom stereocenters. The van der Waals surface area contributed by atoms with E-state index in [-0.39, 0.29) is 17.9 Å². The van der Waals surface area contributed by atoms with Gasteiger partial charge in [0.1, 0.15) is 6.54 Å². The highest BCUT2D eigenvalue weighted by Crippen LogP contribution is 2.30. The number of aliphatic carboxylic acids is 1. The molecular formula is C25H25ClN2O5S. The van der Waals surface area contributed by atoms with Gasteiger partial charge in [0.15, 0.2) is 0 Å². The minimum absolute atomic E-state index is 0.0688. The normalized spacial score (nSPS) is 11.1. The van der Waals surface area contributed by atoms with Crippen molar-refractivity contribution < 1.29 is 23.1 Å². The number of nitrogens with zero attached hydrogens (tertiary/aromatic N) is 1. The number of amides is 1. The molecule has 0 aliphatic carbocycles. The summed E-state index contributed by atoms with van der Waals surface area (Å²) in [6, 6.07) is 18.1. The highest BCUT2D eigenvalue weighted by molar-refractivity contribution is 7.92. The van der Waals surface area contributed by atoms with Gasteiger partial charge in [-0.25, -0.2) is 8.42 Å². The van der Waals surface area contributed by atoms with E-state index in [1.54, 1.807) is 61.5 Å². The van der Waals surface area contributed by atoms with Crippen molar-refractivity contribution in [3.05, 3.63) is 94.0 Å². The van der Waals surface area contributed by atoms with E-state index in [4.69, 9.17) is 16.7 Å². The second-order valence-electron chi connectivity index (χ2n) is 7.87. The van der Waals surface area contributed by atoms with E-state index in [1.165, 1.54) is 12.1 Å². The van der Waals surface area contributed by atoms with Gasteiger partial charge in [-0.3, -0.25) is 13.9 Å². The van der Waals surface area contributed by atoms with Crippen LogP contribution in [0.2, 0.25) is 5.02 Å². The lowest BCUT2D eigenvalue weighted by Gasteiger charge is -2.26. The summed E-state index contributed by atoms with van der Waals surface area (Å²) in [5.41, 5.74) is 3.18. The number of carbonyl (C=O) groups excluding carboxylic acids is 1. The molecule has 0 heterocycles. The summed E-state index contributed by atoms with van der Waals surface area (Å²) < 4.78 is 28.1. The number of nitrogens with one attached hydrogen (secondary N) is 1. The van der Waals surface area contributed by atoms with E-state index < -0.39 is 28.4 Å². The fraction of sp³-hybridized carbons (Fsp3) is 0.200. The number of aryl methyl sites for hydroxylation is 1. The summed E-state index contributed by atoms with van der Waals surface area (Å²) in [6.07, 6.45) is -0.0859. The van der Waals surface area contributed by atoms with Crippen molar-refractivity contribution in [3.8, 4) is 0 Å². The van der Waals surface area contributed by atoms with Gasteiger partial charge in [-0.05, 0) is 54.8 Å². The smallest absolute Gasteiger partial charge is 0.307 e. The summed E-state index contributed by atoms with van der Waals surface area (Å²) >= 11 is 6.24. The average Bonchev–Trinajstić information content (AvgIpc) is 2.79. The van der Waals surface area contributed by atoms with E-state index in [0.29, 0.717) is 21.8 Å². The molecule has 0 atom stereocenters. The van der Waals surface area contributed by atoms with Crippen molar-refractivity contribution in [2.45, 2.75) is 31.7 Å². The molecule has 0 fully saturated rings. The number of benzene rings is 3. The molecule has 0 aromatic heterocycles. The van der Waals surface area contributed by atoms with Gasteiger partial charge in [0.25, 0.3) is 10.0 Å². The SMILES string of the molecule is Cc1ccc(S(=O)(=O)N(CC(=O)NCc2ccc(CC(=O)O)cc2)c2cccc(Cl)c2C)cc1. The number of carbonyl (C=O) groups is 2. The molecule has 0 spiro atoms. The molecule has 0 aliphatic heterocycles. The lowest BCUT2D eigenvalue weighted by molar-refractivity contribution is -0.136. The predicted octanol–water partition coefficient (Wildman–Crippen LogP) is 4.10. The maximum atomic E-state index is 13.5. The number of anilines is 1. The summed E-state index contributed by atoms with van der Waals surface area (Å²) in [5, 5.41) is 12.0. The standard InChI is InChI=1S/C25H25ClN2O5S/c1-17-6-12-21(13-7-17)34(32,33)28(23-5-3-4-22(26)18(23)2)16-24(29)27-15-20-10-8-19(9-11-20)14-25(30)31/h3-13H,14-16H2,1-2H3,(H,27,29)(H,30,31). The highest BCUT2D eigenvalue weighted by Gasteiger charge is 2.28. The molecule has 3 aromatic carbocycles. The van der Waals surface area contributed by atoms with Crippen molar-refractivity contribution in [3.63, 3.8) is 0 Å². The van der Waals surface area contributed by atoms with Crippen LogP contribution in [0.25, 0.3) is 0 Å². The van der Waals surface area contributed by atoms with Crippen LogP contribution in [0.3, 0.4) is 0 Å². The van der Waals surface area contributed by atoms with Crippen LogP contribution in [0.5, 0.6) is 0 Å². The Morgan fingerprint density at radius 3 is 2.18 bits per heavy atom. The van der Waals surface area contributed by atoms with Crippen LogP contribution in [0.15, 0.2) is 71.6 Å². The fourth-order valence-corrected chi connectivity index (χ4v) is 4.99. The zero-order valence-electron chi connectivity index (χ0n) is 18.8. The number of hydrogen-bond donors (Lipinski definition) is 2. The number of halogens is 1. The van der Waals surface area contributed by atoms with Crippen LogP contribution >= 0.6 is 11.6 Å². The molecule has 1 amide bonds. The first-order chi connectivity index (χ1) is 16.1. The van der Waals surface area contributed by atoms with E-state index in [9.17, 15) is 18.0 Å². The zero-order valence-corrected chi connectivity index (χ0v) is 20.4. The third-order valence-corrected chi connectivity index (χ3v) is 7.46. The second-order valence-corrected chi connectivity index (χ2v) is 10.1. The number of rotatable bonds is 9. The number of sulfonamides is 1. The molecule has 34 heavy (non-hydrogen) atoms. The monoisotopic (exact) mass is 500 g/mol. The topological polar surface area (TPSA) is 104 Å². The molecule has 178 valence electrons. The van der Waals surface area contributed by atoms with Gasteiger partial charge in [0.05, 0.1) is 17.0 Å². The van der Waals surface area contributed by atoms with E-state index in [1.807, 2.05) is 6.92 Å². The first-order valence-electron chi connectivity index (χ1n) is 10.5. The predicted molar refractivity (Wildman–Crippen MR) is 132 cm³/mol. The van der Waals surface area contributed by atoms with Crippen LogP contribution in [0.1, 0.15) is 22.3 Å². The Hall–Kier alpha value is -3.36. The summed E-state index contributed by atoms with van der Waals surface area (Å²) in [6.45, 7) is 3.29. The molecule has 7 nitrogen and oxygen atoms in total. The number of carboxylic acid groups (broad SMARTS) is 1. The third kappa shape index (κ3) is 6.15. The van der Waals surface area contributed by atoms with Crippen molar-refractivity contribution in [1.82, 2.24) is 5.32 Å². The van der Waals surface area contributed by atoms with Gasteiger partial charge in [-0.15, -0.1) is 0 Å². The number of carboxylic acids is 1. The van der Waals surface area contributed by atoms with Crippen molar-refractivity contribution in [1.29, 1.82) is 0 Å². The highest BCUT2D eigenvalue weighted by atomic mass is 35.5. The van der Waals surface area contributed by atoms with Gasteiger partial charge >= 0.3 is 5.97 Å². The van der Waals surface area contributed by atoms with Gasteiger partial charge in [-0.2, -0.15) is 0 Å². The van der Waals surface area contributed by atoms with Gasteiger partial charge in [0.2, 0.25) is 5.91 Å². The molecule has 3 rings (SSSR count). The number of hydrogen-bond acceptors (Lipinski definition) is 4. The zero-order chi connectivity index (χ0) is 24.9. The lowest BCUT2D eigenvalue weighted by atomic mass is 10.1. The van der Waals surface area contributed by atoms with E-state index in [0.717, 1.165) is 15.4 Å². The molecule has 2 N–H and O–H groups in total. The quantitative estimate of drug-likeness (QED) is 0.460. The molecule has 0 saturated heterocycles. The largest absolute Gasteiger partial charge is 0.481 e. The van der Waals surface area contributed by atoms with Crippen LogP contribution in [-0.4, -0.2) is 31.9 Å². The Labute approximate surface area is 204 Å². The molecule has 0 aliphatic rings. The van der Waals surface area contributed by atoms with Crippen molar-refractivity contribution in [2.75, 3.05) is 10.8 Å². The van der Waals surface area contributed by atoms with E-state index in [2.05, 4.69) is 5.32 Å². The molecule has 3 aromatic rings. The van der Waals surface area contributed by atoms with Crippen LogP contribution in [0, 0.1) is 13.8 Å². The Kier molecular flexibility index (Phi) is 7.96. The summed E-state index contributed by atoms with van der Waals surface area (Å²) in [7, 11) is -4.05. The van der Waals surface area contributed by atoms with Crippen LogP contribution in [0.4, 0.5) is 5.69 Å². The molecule has 9 heteroatoms. The first-order valence-corrected chi connectivity index (χ1v) is 12.3. The van der Waals surface area contributed by atoms with Crippen molar-refractivity contribution >= 4 is 39.2 Å². The Morgan fingerprint density at radius 2 is 1.56 bits per heavy atom. The summed E-state index contributed by atoms with van der Waals surface area (Å²) in [5.74, 6) is -1.42. The van der Waals surface area contributed by atoms with Crippen LogP contribution < -0.4 is 9.62 Å². The van der Waals surface area contributed by atoms with Gasteiger partial charge in [-0.1, -0.05) is 59.6 Å². The molecule has 0 radical (unpaired) electrons. The van der Waals surface area contributed by atoms with E-state index >= 15 is 0 Å². The van der Waals surface area contributed by atoms with Crippen LogP contribution in [-0.2, 0) is 32.6 Å². The maximum Gasteiger partial charge on any atom is 0.307 e. The third-order valence-electron chi connectivity index (χ3n) is 5.27. The van der Waals surface area contributed by atoms with Crippen molar-refractivity contribution in [2.24, 2.45) is 0 Å². The minimum Gasteiger partial charge on any atom is -0.481 e. The average molecular weight is 501 g/mol. The lowest BCUT2D eigenvalue weighted by Crippen LogP contribution is -2.41.